The molecule has 0 aliphatic carbocycles. The van der Waals surface area contributed by atoms with Crippen molar-refractivity contribution in [3.63, 3.8) is 0 Å². The van der Waals surface area contributed by atoms with Crippen LogP contribution in [0.2, 0.25) is 0 Å². The third-order valence-electron chi connectivity index (χ3n) is 10.6. The van der Waals surface area contributed by atoms with Gasteiger partial charge in [0.05, 0.1) is 0 Å². The second-order valence-electron chi connectivity index (χ2n) is 18.0. The van der Waals surface area contributed by atoms with Gasteiger partial charge in [0.2, 0.25) is 0 Å². The number of pyridine rings is 4. The summed E-state index contributed by atoms with van der Waals surface area (Å²) < 4.78 is 0. The van der Waals surface area contributed by atoms with Gasteiger partial charge in [0.1, 0.15) is 0 Å². The molecule has 6 aromatic heterocycles. The number of rotatable bonds is 4. The number of aromatic nitrogens is 6. The Balaban J connectivity index is 0.000000164. The van der Waals surface area contributed by atoms with Crippen molar-refractivity contribution < 1.29 is 42.1 Å². The third-order valence-corrected chi connectivity index (χ3v) is 10.6. The number of hydrogen-bond acceptors (Lipinski definition) is 6. The Bertz CT molecular complexity index is 2850. The van der Waals surface area contributed by atoms with E-state index in [9.17, 15) is 0 Å². The molecule has 10 heteroatoms. The maximum atomic E-state index is 4.67. The van der Waals surface area contributed by atoms with Crippen LogP contribution in [0.3, 0.4) is 0 Å². The van der Waals surface area contributed by atoms with Gasteiger partial charge < -0.3 is 39.7 Å². The van der Waals surface area contributed by atoms with E-state index in [0.29, 0.717) is 0 Å². The molecule has 0 bridgehead atoms. The molecule has 10 aromatic rings. The van der Waals surface area contributed by atoms with Gasteiger partial charge in [0.25, 0.3) is 0 Å². The predicted molar refractivity (Wildman–Crippen MR) is 268 cm³/mol. The quantitative estimate of drug-likeness (QED) is 0.161. The normalized spacial score (nSPS) is 10.9. The zero-order chi connectivity index (χ0) is 45.4. The van der Waals surface area contributed by atoms with Gasteiger partial charge in [0, 0.05) is 12.4 Å². The fourth-order valence-electron chi connectivity index (χ4n) is 6.90. The van der Waals surface area contributed by atoms with Gasteiger partial charge in [-0.3, -0.25) is 0 Å². The van der Waals surface area contributed by atoms with Gasteiger partial charge in [-0.15, -0.1) is 59.7 Å². The van der Waals surface area contributed by atoms with E-state index in [1.165, 1.54) is 10.8 Å². The molecule has 0 aliphatic rings. The van der Waals surface area contributed by atoms with Crippen molar-refractivity contribution in [3.8, 4) is 22.5 Å². The number of nitrogens with zero attached hydrogens (tertiary/aromatic N) is 8. The van der Waals surface area contributed by atoms with Crippen LogP contribution < -0.4 is 19.8 Å². The molecule has 0 amide bonds. The minimum absolute atomic E-state index is 0. The SMILES string of the molecule is CC(C)(C)c1ccc2c(n1)[n-]c1ccccc12.CC(C)(C)c1ccc2c(n1)[n-]c1ccccc12.CN(C)c1c[c-]c(-c2ccccn2)cc1.CN(C)c1c[c-]c(-c2ccccn2)cc1.[Pt+2].[Pt+2]. The monoisotopic (exact) mass is 1230 g/mol. The summed E-state index contributed by atoms with van der Waals surface area (Å²) in [4.78, 5) is 31.2. The van der Waals surface area contributed by atoms with Crippen molar-refractivity contribution in [1.29, 1.82) is 0 Å². The molecule has 4 aromatic carbocycles. The minimum atomic E-state index is 0. The first-order valence-corrected chi connectivity index (χ1v) is 21.5. The van der Waals surface area contributed by atoms with Crippen LogP contribution in [-0.2, 0) is 53.0 Å². The van der Waals surface area contributed by atoms with E-state index in [-0.39, 0.29) is 53.0 Å². The summed E-state index contributed by atoms with van der Waals surface area (Å²) in [5.41, 5.74) is 12.4. The average molecular weight is 1230 g/mol. The Kier molecular flexibility index (Phi) is 17.4. The fourth-order valence-corrected chi connectivity index (χ4v) is 6.90. The molecule has 0 radical (unpaired) electrons. The summed E-state index contributed by atoms with van der Waals surface area (Å²) in [5.74, 6) is 0. The molecular weight excluding hydrogens is 1170 g/mol. The van der Waals surface area contributed by atoms with Gasteiger partial charge in [-0.1, -0.05) is 161 Å². The molecule has 0 saturated carbocycles. The molecule has 6 heterocycles. The zero-order valence-corrected chi connectivity index (χ0v) is 43.8. The number of benzene rings is 4. The summed E-state index contributed by atoms with van der Waals surface area (Å²) in [7, 11) is 8.07. The predicted octanol–water partition coefficient (Wildman–Crippen LogP) is 12.5. The van der Waals surface area contributed by atoms with Crippen molar-refractivity contribution in [2.24, 2.45) is 0 Å². The standard InChI is InChI=1S/2C15H15N2.2C13H13N2.2Pt/c2*1-15(2,3)13-9-8-11-10-6-4-5-7-12(10)16-14(11)17-13;2*1-15(2)12-8-6-11(7-9-12)13-5-3-4-10-14-13;;/h2*4-9H,1-3H3;2*3-6,8-10H,1-2H3;;/q4*-1;2*+2. The first-order valence-electron chi connectivity index (χ1n) is 21.5. The molecule has 0 spiro atoms. The van der Waals surface area contributed by atoms with Crippen LogP contribution >= 0.6 is 0 Å². The molecule has 0 saturated heterocycles. The molecule has 340 valence electrons. The topological polar surface area (TPSA) is 86.2 Å². The Hall–Kier alpha value is -5.94. The summed E-state index contributed by atoms with van der Waals surface area (Å²) in [5, 5.41) is 4.67. The number of para-hydroxylation sites is 2. The van der Waals surface area contributed by atoms with Crippen molar-refractivity contribution >= 4 is 55.2 Å². The molecule has 0 N–H and O–H groups in total. The van der Waals surface area contributed by atoms with Crippen molar-refractivity contribution in [1.82, 2.24) is 29.9 Å². The second kappa shape index (κ2) is 22.5. The summed E-state index contributed by atoms with van der Waals surface area (Å²) in [6.45, 7) is 13.0. The maximum Gasteiger partial charge on any atom is 2.00 e. The average Bonchev–Trinajstić information content (AvgIpc) is 3.88. The fraction of sp³-hybridized carbons (Fsp3) is 0.214. The van der Waals surface area contributed by atoms with Crippen LogP contribution in [0.15, 0.2) is 158 Å². The molecular formula is C56H56N8Pt2. The van der Waals surface area contributed by atoms with E-state index in [1.807, 2.05) is 125 Å². The van der Waals surface area contributed by atoms with Gasteiger partial charge in [-0.05, 0) is 106 Å². The van der Waals surface area contributed by atoms with Gasteiger partial charge in [0.15, 0.2) is 0 Å². The second-order valence-corrected chi connectivity index (χ2v) is 18.0. The molecule has 0 atom stereocenters. The maximum absolute atomic E-state index is 4.67. The van der Waals surface area contributed by atoms with Gasteiger partial charge >= 0.3 is 42.1 Å². The number of anilines is 2. The van der Waals surface area contributed by atoms with E-state index in [4.69, 9.17) is 0 Å². The van der Waals surface area contributed by atoms with Crippen molar-refractivity contribution in [2.75, 3.05) is 38.0 Å². The van der Waals surface area contributed by atoms with E-state index in [2.05, 4.69) is 142 Å². The number of hydrogen-bond donors (Lipinski definition) is 0. The summed E-state index contributed by atoms with van der Waals surface area (Å²) in [6.07, 6.45) is 3.59. The smallest absolute Gasteiger partial charge is 0.439 e. The Morgan fingerprint density at radius 2 is 0.803 bits per heavy atom. The van der Waals surface area contributed by atoms with Crippen LogP contribution in [0.5, 0.6) is 0 Å². The van der Waals surface area contributed by atoms with E-state index >= 15 is 0 Å². The van der Waals surface area contributed by atoms with E-state index < -0.39 is 0 Å². The van der Waals surface area contributed by atoms with Crippen LogP contribution in [0, 0.1) is 12.1 Å². The molecule has 0 unspecified atom stereocenters. The van der Waals surface area contributed by atoms with Gasteiger partial charge in [-0.25, -0.2) is 0 Å². The first-order chi connectivity index (χ1) is 30.7. The number of fused-ring (bicyclic) bond motifs is 6. The Labute approximate surface area is 418 Å². The van der Waals surface area contributed by atoms with Crippen LogP contribution in [0.1, 0.15) is 52.9 Å². The third kappa shape index (κ3) is 12.7. The largest absolute Gasteiger partial charge is 2.00 e. The van der Waals surface area contributed by atoms with E-state index in [1.54, 1.807) is 12.4 Å². The minimum Gasteiger partial charge on any atom is -0.439 e. The first kappa shape index (κ1) is 51.0. The Morgan fingerprint density at radius 3 is 1.12 bits per heavy atom. The van der Waals surface area contributed by atoms with Crippen LogP contribution in [0.25, 0.3) is 66.4 Å². The summed E-state index contributed by atoms with van der Waals surface area (Å²) in [6, 6.07) is 55.3. The summed E-state index contributed by atoms with van der Waals surface area (Å²) >= 11 is 0. The Morgan fingerprint density at radius 1 is 0.424 bits per heavy atom. The zero-order valence-electron chi connectivity index (χ0n) is 39.2. The molecule has 66 heavy (non-hydrogen) atoms. The molecule has 0 fully saturated rings. The molecule has 10 rings (SSSR count). The van der Waals surface area contributed by atoms with Crippen molar-refractivity contribution in [2.45, 2.75) is 52.4 Å². The molecule has 8 nitrogen and oxygen atoms in total. The molecule has 0 aliphatic heterocycles. The van der Waals surface area contributed by atoms with Crippen LogP contribution in [0.4, 0.5) is 11.4 Å². The van der Waals surface area contributed by atoms with E-state index in [0.717, 1.165) is 78.4 Å². The van der Waals surface area contributed by atoms with Crippen molar-refractivity contribution in [3.05, 3.63) is 182 Å². The van der Waals surface area contributed by atoms with Crippen LogP contribution in [-0.4, -0.2) is 48.1 Å². The van der Waals surface area contributed by atoms with Gasteiger partial charge in [-0.2, -0.15) is 0 Å².